The zero-order chi connectivity index (χ0) is 36.9. The number of carbonyl (C=O) groups excluding carboxylic acids is 2. The molecule has 51 heavy (non-hydrogen) atoms. The van der Waals surface area contributed by atoms with Gasteiger partial charge < -0.3 is 24.6 Å². The van der Waals surface area contributed by atoms with E-state index < -0.39 is 17.1 Å². The van der Waals surface area contributed by atoms with Crippen LogP contribution >= 0.6 is 0 Å². The normalized spacial score (nSPS) is 29.9. The van der Waals surface area contributed by atoms with Crippen molar-refractivity contribution in [3.63, 3.8) is 0 Å². The van der Waals surface area contributed by atoms with E-state index in [0.717, 1.165) is 49.7 Å². The van der Waals surface area contributed by atoms with Crippen molar-refractivity contribution < 1.29 is 29.3 Å². The van der Waals surface area contributed by atoms with Gasteiger partial charge in [0, 0.05) is 23.1 Å². The highest BCUT2D eigenvalue weighted by molar-refractivity contribution is 6.10. The van der Waals surface area contributed by atoms with Gasteiger partial charge in [0.15, 0.2) is 5.78 Å². The summed E-state index contributed by atoms with van der Waals surface area (Å²) in [5.74, 6) is 1.76. The van der Waals surface area contributed by atoms with Gasteiger partial charge in [-0.25, -0.2) is 4.79 Å². The lowest BCUT2D eigenvalue weighted by Crippen LogP contribution is -2.54. The standard InChI is InChI=1S/C44H63NO6/c1-8-24-45(42(48)51-40-25-31(5)12-19-36(40)29(2)3)28-44(49)23-21-39-37-20-13-32(26-34(46)16-11-30(4)10-9-22-43(39,44)6)27-38(37)41(47)33-14-17-35(50-7)18-15-33/h10,13-15,17-18,20,27,29,31,34,36,39-40,46,49H,8-9,11-12,16,19,21-26,28H2,1-7H3/t31-,34-,36+,39-,40-,43-,44+/m0/s1. The molecule has 2 bridgehead atoms. The van der Waals surface area contributed by atoms with E-state index in [1.807, 2.05) is 12.1 Å². The molecule has 2 saturated carbocycles. The van der Waals surface area contributed by atoms with Gasteiger partial charge in [0.05, 0.1) is 25.4 Å². The van der Waals surface area contributed by atoms with Gasteiger partial charge in [-0.3, -0.25) is 4.79 Å². The summed E-state index contributed by atoms with van der Waals surface area (Å²) in [4.78, 5) is 30.2. The summed E-state index contributed by atoms with van der Waals surface area (Å²) < 4.78 is 11.7. The quantitative estimate of drug-likeness (QED) is 0.200. The van der Waals surface area contributed by atoms with Crippen LogP contribution in [0.4, 0.5) is 4.79 Å². The second-order valence-electron chi connectivity index (χ2n) is 16.7. The van der Waals surface area contributed by atoms with Crippen molar-refractivity contribution in [2.75, 3.05) is 20.2 Å². The number of nitrogens with zero attached hydrogens (tertiary/aromatic N) is 1. The van der Waals surface area contributed by atoms with Gasteiger partial charge in [-0.2, -0.15) is 0 Å². The van der Waals surface area contributed by atoms with Crippen LogP contribution in [-0.2, 0) is 11.2 Å². The van der Waals surface area contributed by atoms with Gasteiger partial charge in [-0.15, -0.1) is 0 Å². The summed E-state index contributed by atoms with van der Waals surface area (Å²) in [6.07, 6.45) is 9.70. The van der Waals surface area contributed by atoms with Crippen molar-refractivity contribution in [3.05, 3.63) is 76.4 Å². The summed E-state index contributed by atoms with van der Waals surface area (Å²) in [6.45, 7) is 13.7. The van der Waals surface area contributed by atoms with Crippen molar-refractivity contribution in [1.82, 2.24) is 4.90 Å². The third-order valence-corrected chi connectivity index (χ3v) is 12.7. The zero-order valence-electron chi connectivity index (χ0n) is 32.2. The predicted octanol–water partition coefficient (Wildman–Crippen LogP) is 9.27. The molecule has 2 N–H and O–H groups in total. The van der Waals surface area contributed by atoms with Crippen molar-refractivity contribution in [1.29, 1.82) is 0 Å². The number of methoxy groups -OCH3 is 1. The van der Waals surface area contributed by atoms with Crippen LogP contribution in [0.25, 0.3) is 0 Å². The minimum Gasteiger partial charge on any atom is -0.497 e. The molecule has 4 aliphatic carbocycles. The molecule has 0 saturated heterocycles. The molecule has 7 atom stereocenters. The number of amides is 1. The number of hydrogen-bond donors (Lipinski definition) is 2. The number of allylic oxidation sites excluding steroid dienone is 2. The molecule has 0 spiro atoms. The van der Waals surface area contributed by atoms with E-state index >= 15 is 0 Å². The maximum Gasteiger partial charge on any atom is 0.410 e. The van der Waals surface area contributed by atoms with Crippen LogP contribution in [-0.4, -0.2) is 65.0 Å². The molecule has 0 heterocycles. The molecule has 7 nitrogen and oxygen atoms in total. The lowest BCUT2D eigenvalue weighted by Gasteiger charge is -2.46. The molecule has 4 aliphatic rings. The molecule has 1 amide bonds. The van der Waals surface area contributed by atoms with Crippen LogP contribution in [0.1, 0.15) is 139 Å². The number of hydrogen-bond acceptors (Lipinski definition) is 6. The van der Waals surface area contributed by atoms with Crippen molar-refractivity contribution in [3.8, 4) is 5.75 Å². The van der Waals surface area contributed by atoms with Gasteiger partial charge in [0.25, 0.3) is 0 Å². The highest BCUT2D eigenvalue weighted by Gasteiger charge is 2.58. The third-order valence-electron chi connectivity index (χ3n) is 12.7. The number of aliphatic hydroxyl groups is 2. The van der Waals surface area contributed by atoms with E-state index in [-0.39, 0.29) is 30.4 Å². The monoisotopic (exact) mass is 701 g/mol. The Kier molecular flexibility index (Phi) is 12.8. The number of carbonyl (C=O) groups is 2. The Morgan fingerprint density at radius 2 is 1.78 bits per heavy atom. The molecule has 0 radical (unpaired) electrons. The minimum atomic E-state index is -1.20. The van der Waals surface area contributed by atoms with Crippen molar-refractivity contribution >= 4 is 11.9 Å². The Balaban J connectivity index is 1.52. The second kappa shape index (κ2) is 16.7. The summed E-state index contributed by atoms with van der Waals surface area (Å²) in [7, 11) is 1.61. The van der Waals surface area contributed by atoms with Crippen LogP contribution in [0.2, 0.25) is 0 Å². The maximum atomic E-state index is 14.4. The summed E-state index contributed by atoms with van der Waals surface area (Å²) in [5, 5.41) is 23.9. The van der Waals surface area contributed by atoms with Crippen LogP contribution in [0.5, 0.6) is 5.75 Å². The summed E-state index contributed by atoms with van der Waals surface area (Å²) in [5.41, 5.74) is 2.42. The van der Waals surface area contributed by atoms with Gasteiger partial charge >= 0.3 is 6.09 Å². The van der Waals surface area contributed by atoms with Gasteiger partial charge in [-0.05, 0) is 136 Å². The molecule has 2 aromatic rings. The number of aliphatic hydroxyl groups excluding tert-OH is 1. The maximum absolute atomic E-state index is 14.4. The molecule has 280 valence electrons. The Morgan fingerprint density at radius 1 is 1.04 bits per heavy atom. The molecular weight excluding hydrogens is 638 g/mol. The average Bonchev–Trinajstić information content (AvgIpc) is 3.35. The van der Waals surface area contributed by atoms with Crippen LogP contribution in [0.15, 0.2) is 54.1 Å². The fourth-order valence-corrected chi connectivity index (χ4v) is 9.37. The first-order valence-electron chi connectivity index (χ1n) is 19.6. The minimum absolute atomic E-state index is 0.0813. The SMILES string of the molecule is CCCN(C[C@]1(O)CC[C@H]2c3ccc(cc3C(=O)c3ccc(OC)cc3)C[C@@H](O)CCC(C)=CCC[C@@]21C)C(=O)O[C@H]1C[C@@H](C)CC[C@@H]1C(C)C. The largest absolute Gasteiger partial charge is 0.497 e. The molecule has 0 aromatic heterocycles. The lowest BCUT2D eigenvalue weighted by molar-refractivity contribution is -0.0862. The van der Waals surface area contributed by atoms with E-state index in [1.165, 1.54) is 5.57 Å². The number of fused-ring (bicyclic) bond motifs is 8. The fourth-order valence-electron chi connectivity index (χ4n) is 9.37. The van der Waals surface area contributed by atoms with Crippen LogP contribution in [0.3, 0.4) is 0 Å². The summed E-state index contributed by atoms with van der Waals surface area (Å²) in [6, 6.07) is 13.3. The number of ether oxygens (including phenoxy) is 2. The van der Waals surface area contributed by atoms with E-state index in [9.17, 15) is 19.8 Å². The van der Waals surface area contributed by atoms with E-state index in [4.69, 9.17) is 9.47 Å². The van der Waals surface area contributed by atoms with Gasteiger partial charge in [-0.1, -0.05) is 64.8 Å². The van der Waals surface area contributed by atoms with Crippen LogP contribution < -0.4 is 4.74 Å². The first-order chi connectivity index (χ1) is 24.3. The Hall–Kier alpha value is -3.16. The third kappa shape index (κ3) is 8.73. The van der Waals surface area contributed by atoms with Crippen LogP contribution in [0, 0.1) is 23.2 Å². The Morgan fingerprint density at radius 3 is 2.47 bits per heavy atom. The van der Waals surface area contributed by atoms with E-state index in [1.54, 1.807) is 36.3 Å². The topological polar surface area (TPSA) is 96.3 Å². The first kappa shape index (κ1) is 39.1. The molecule has 6 rings (SSSR count). The molecule has 0 unspecified atom stereocenters. The highest BCUT2D eigenvalue weighted by atomic mass is 16.6. The number of benzene rings is 2. The molecule has 2 aromatic carbocycles. The van der Waals surface area contributed by atoms with E-state index in [2.05, 4.69) is 53.7 Å². The second-order valence-corrected chi connectivity index (χ2v) is 16.7. The molecule has 7 heteroatoms. The fraction of sp³-hybridized carbons (Fsp3) is 0.636. The predicted molar refractivity (Wildman–Crippen MR) is 203 cm³/mol. The first-order valence-corrected chi connectivity index (χ1v) is 19.6. The Labute approximate surface area is 306 Å². The van der Waals surface area contributed by atoms with Gasteiger partial charge in [0.1, 0.15) is 11.9 Å². The highest BCUT2D eigenvalue weighted by Crippen LogP contribution is 2.59. The smallest absolute Gasteiger partial charge is 0.410 e. The van der Waals surface area contributed by atoms with E-state index in [0.29, 0.717) is 73.3 Å². The summed E-state index contributed by atoms with van der Waals surface area (Å²) >= 11 is 0. The van der Waals surface area contributed by atoms with Crippen molar-refractivity contribution in [2.24, 2.45) is 23.2 Å². The molecule has 0 aliphatic heterocycles. The van der Waals surface area contributed by atoms with Crippen molar-refractivity contribution in [2.45, 2.75) is 136 Å². The Bertz CT molecular complexity index is 1530. The number of rotatable bonds is 9. The average molecular weight is 702 g/mol. The molecule has 2 fully saturated rings. The zero-order valence-corrected chi connectivity index (χ0v) is 32.2. The van der Waals surface area contributed by atoms with Gasteiger partial charge in [0.2, 0.25) is 0 Å². The molecular formula is C44H63NO6. The number of ketones is 1. The lowest BCUT2D eigenvalue weighted by atomic mass is 9.64.